The van der Waals surface area contributed by atoms with Crippen molar-refractivity contribution in [2.24, 2.45) is 0 Å². The van der Waals surface area contributed by atoms with E-state index in [-0.39, 0.29) is 24.0 Å². The number of rotatable bonds is 6. The molecule has 1 aromatic carbocycles. The first-order valence-electron chi connectivity index (χ1n) is 8.62. The average Bonchev–Trinajstić information content (AvgIpc) is 3.31. The van der Waals surface area contributed by atoms with E-state index < -0.39 is 0 Å². The first kappa shape index (κ1) is 16.9. The van der Waals surface area contributed by atoms with Crippen LogP contribution in [0, 0.1) is 0 Å². The maximum Gasteiger partial charge on any atom is 0.251 e. The Bertz CT molecular complexity index is 531. The molecule has 3 rings (SSSR count). The summed E-state index contributed by atoms with van der Waals surface area (Å²) in [5.41, 5.74) is 0.968. The van der Waals surface area contributed by atoms with Crippen LogP contribution < -0.4 is 10.6 Å². The van der Waals surface area contributed by atoms with E-state index in [2.05, 4.69) is 10.6 Å². The SMILES string of the molecule is O=C(NC[C@@H]1CCCO1)c1cccc(C(=O)NC[C@@H]2CCCO2)c1. The van der Waals surface area contributed by atoms with Crippen molar-refractivity contribution >= 4 is 11.8 Å². The monoisotopic (exact) mass is 332 g/mol. The summed E-state index contributed by atoms with van der Waals surface area (Å²) < 4.78 is 11.0. The maximum absolute atomic E-state index is 12.2. The van der Waals surface area contributed by atoms with Gasteiger partial charge in [0.2, 0.25) is 0 Å². The van der Waals surface area contributed by atoms with Crippen LogP contribution in [0.1, 0.15) is 46.4 Å². The predicted molar refractivity (Wildman–Crippen MR) is 89.1 cm³/mol. The van der Waals surface area contributed by atoms with Crippen molar-refractivity contribution in [2.75, 3.05) is 26.3 Å². The van der Waals surface area contributed by atoms with Gasteiger partial charge in [0, 0.05) is 37.4 Å². The van der Waals surface area contributed by atoms with Crippen molar-refractivity contribution in [1.29, 1.82) is 0 Å². The first-order chi connectivity index (χ1) is 11.7. The Balaban J connectivity index is 1.52. The summed E-state index contributed by atoms with van der Waals surface area (Å²) in [6.07, 6.45) is 4.25. The van der Waals surface area contributed by atoms with E-state index >= 15 is 0 Å². The maximum atomic E-state index is 12.2. The Morgan fingerprint density at radius 2 is 1.42 bits per heavy atom. The van der Waals surface area contributed by atoms with Crippen molar-refractivity contribution in [3.63, 3.8) is 0 Å². The number of amides is 2. The van der Waals surface area contributed by atoms with Crippen LogP contribution in [0.15, 0.2) is 24.3 Å². The van der Waals surface area contributed by atoms with Gasteiger partial charge >= 0.3 is 0 Å². The normalized spacial score (nSPS) is 23.2. The minimum atomic E-state index is -0.181. The summed E-state index contributed by atoms with van der Waals surface area (Å²) in [5.74, 6) is -0.362. The molecule has 0 bridgehead atoms. The summed E-state index contributed by atoms with van der Waals surface area (Å²) in [5, 5.41) is 5.74. The van der Waals surface area contributed by atoms with E-state index in [1.165, 1.54) is 0 Å². The first-order valence-corrected chi connectivity index (χ1v) is 8.62. The molecule has 0 spiro atoms. The lowest BCUT2D eigenvalue weighted by atomic mass is 10.1. The van der Waals surface area contributed by atoms with Crippen LogP contribution >= 0.6 is 0 Å². The molecule has 0 aromatic heterocycles. The molecule has 130 valence electrons. The third-order valence-electron chi connectivity index (χ3n) is 4.42. The van der Waals surface area contributed by atoms with Crippen molar-refractivity contribution in [1.82, 2.24) is 10.6 Å². The zero-order valence-corrected chi connectivity index (χ0v) is 13.8. The Morgan fingerprint density at radius 1 is 0.917 bits per heavy atom. The predicted octanol–water partition coefficient (Wildman–Crippen LogP) is 1.50. The molecule has 2 aliphatic heterocycles. The Morgan fingerprint density at radius 3 is 1.83 bits per heavy atom. The molecule has 6 heteroatoms. The number of carbonyl (C=O) groups excluding carboxylic acids is 2. The minimum absolute atomic E-state index is 0.104. The fourth-order valence-corrected chi connectivity index (χ4v) is 3.03. The molecular weight excluding hydrogens is 308 g/mol. The second-order valence-electron chi connectivity index (χ2n) is 6.27. The van der Waals surface area contributed by atoms with E-state index in [0.717, 1.165) is 38.9 Å². The number of benzene rings is 1. The van der Waals surface area contributed by atoms with Crippen LogP contribution in [0.5, 0.6) is 0 Å². The second-order valence-corrected chi connectivity index (χ2v) is 6.27. The lowest BCUT2D eigenvalue weighted by molar-refractivity contribution is 0.0855. The standard InChI is InChI=1S/C18H24N2O4/c21-17(19-11-15-6-2-8-23-15)13-4-1-5-14(10-13)18(22)20-12-16-7-3-9-24-16/h1,4-5,10,15-16H,2-3,6-9,11-12H2,(H,19,21)(H,20,22)/t15-,16-/m0/s1. The Labute approximate surface area is 141 Å². The van der Waals surface area contributed by atoms with Gasteiger partial charge in [-0.15, -0.1) is 0 Å². The molecule has 0 saturated carbocycles. The molecule has 0 radical (unpaired) electrons. The zero-order valence-electron chi connectivity index (χ0n) is 13.8. The topological polar surface area (TPSA) is 76.7 Å². The van der Waals surface area contributed by atoms with Crippen LogP contribution in [0.25, 0.3) is 0 Å². The van der Waals surface area contributed by atoms with Gasteiger partial charge in [-0.1, -0.05) is 6.07 Å². The minimum Gasteiger partial charge on any atom is -0.376 e. The average molecular weight is 332 g/mol. The van der Waals surface area contributed by atoms with E-state index in [4.69, 9.17) is 9.47 Å². The quantitative estimate of drug-likeness (QED) is 0.828. The van der Waals surface area contributed by atoms with Crippen LogP contribution in [-0.2, 0) is 9.47 Å². The molecule has 24 heavy (non-hydrogen) atoms. The molecule has 2 fully saturated rings. The molecule has 2 heterocycles. The second kappa shape index (κ2) is 8.26. The fourth-order valence-electron chi connectivity index (χ4n) is 3.03. The Kier molecular flexibility index (Phi) is 5.82. The number of hydrogen-bond donors (Lipinski definition) is 2. The number of hydrogen-bond acceptors (Lipinski definition) is 4. The lowest BCUT2D eigenvalue weighted by Crippen LogP contribution is -2.33. The number of nitrogens with one attached hydrogen (secondary N) is 2. The van der Waals surface area contributed by atoms with Gasteiger partial charge in [0.15, 0.2) is 0 Å². The molecule has 1 aromatic rings. The van der Waals surface area contributed by atoms with Crippen molar-refractivity contribution in [2.45, 2.75) is 37.9 Å². The highest BCUT2D eigenvalue weighted by atomic mass is 16.5. The molecule has 0 aliphatic carbocycles. The molecule has 2 aliphatic rings. The highest BCUT2D eigenvalue weighted by Gasteiger charge is 2.18. The molecule has 6 nitrogen and oxygen atoms in total. The molecule has 2 amide bonds. The molecule has 0 unspecified atom stereocenters. The van der Waals surface area contributed by atoms with Crippen molar-refractivity contribution in [3.05, 3.63) is 35.4 Å². The summed E-state index contributed by atoms with van der Waals surface area (Å²) in [6.45, 7) is 2.55. The van der Waals surface area contributed by atoms with Gasteiger partial charge in [0.25, 0.3) is 11.8 Å². The van der Waals surface area contributed by atoms with Crippen molar-refractivity contribution < 1.29 is 19.1 Å². The highest BCUT2D eigenvalue weighted by Crippen LogP contribution is 2.12. The number of carbonyl (C=O) groups is 2. The molecule has 2 atom stereocenters. The van der Waals surface area contributed by atoms with Crippen LogP contribution in [0.2, 0.25) is 0 Å². The van der Waals surface area contributed by atoms with E-state index in [9.17, 15) is 9.59 Å². The molecular formula is C18H24N2O4. The molecule has 2 N–H and O–H groups in total. The summed E-state index contributed by atoms with van der Waals surface area (Å²) in [4.78, 5) is 24.4. The third kappa shape index (κ3) is 4.55. The fraction of sp³-hybridized carbons (Fsp3) is 0.556. The molecule has 2 saturated heterocycles. The Hall–Kier alpha value is -1.92. The van der Waals surface area contributed by atoms with Gasteiger partial charge in [-0.05, 0) is 43.9 Å². The largest absolute Gasteiger partial charge is 0.376 e. The van der Waals surface area contributed by atoms with Gasteiger partial charge in [-0.3, -0.25) is 9.59 Å². The van der Waals surface area contributed by atoms with E-state index in [1.54, 1.807) is 24.3 Å². The van der Waals surface area contributed by atoms with Gasteiger partial charge in [0.05, 0.1) is 12.2 Å². The van der Waals surface area contributed by atoms with Crippen molar-refractivity contribution in [3.8, 4) is 0 Å². The van der Waals surface area contributed by atoms with E-state index in [0.29, 0.717) is 24.2 Å². The van der Waals surface area contributed by atoms with Crippen LogP contribution in [0.4, 0.5) is 0 Å². The lowest BCUT2D eigenvalue weighted by Gasteiger charge is -2.12. The summed E-state index contributed by atoms with van der Waals surface area (Å²) >= 11 is 0. The van der Waals surface area contributed by atoms with Gasteiger partial charge in [-0.2, -0.15) is 0 Å². The van der Waals surface area contributed by atoms with Gasteiger partial charge < -0.3 is 20.1 Å². The summed E-state index contributed by atoms with van der Waals surface area (Å²) in [6, 6.07) is 6.76. The van der Waals surface area contributed by atoms with Crippen LogP contribution in [0.3, 0.4) is 0 Å². The van der Waals surface area contributed by atoms with Gasteiger partial charge in [0.1, 0.15) is 0 Å². The van der Waals surface area contributed by atoms with Crippen LogP contribution in [-0.4, -0.2) is 50.3 Å². The summed E-state index contributed by atoms with van der Waals surface area (Å²) in [7, 11) is 0. The number of ether oxygens (including phenoxy) is 2. The zero-order chi connectivity index (χ0) is 16.8. The smallest absolute Gasteiger partial charge is 0.251 e. The highest BCUT2D eigenvalue weighted by molar-refractivity contribution is 5.99. The van der Waals surface area contributed by atoms with E-state index in [1.807, 2.05) is 0 Å². The van der Waals surface area contributed by atoms with Gasteiger partial charge in [-0.25, -0.2) is 0 Å². The third-order valence-corrected chi connectivity index (χ3v) is 4.42.